The van der Waals surface area contributed by atoms with Crippen LogP contribution in [0.15, 0.2) is 47.5 Å². The second kappa shape index (κ2) is 7.07. The summed E-state index contributed by atoms with van der Waals surface area (Å²) in [6.45, 7) is 7.38. The zero-order valence-corrected chi connectivity index (χ0v) is 13.4. The van der Waals surface area contributed by atoms with Crippen molar-refractivity contribution in [3.63, 3.8) is 0 Å². The van der Waals surface area contributed by atoms with Crippen molar-refractivity contribution in [3.8, 4) is 0 Å². The van der Waals surface area contributed by atoms with Gasteiger partial charge in [0, 0.05) is 13.6 Å². The van der Waals surface area contributed by atoms with Crippen LogP contribution in [0.1, 0.15) is 29.2 Å². The smallest absolute Gasteiger partial charge is 0.0909 e. The van der Waals surface area contributed by atoms with E-state index in [0.29, 0.717) is 0 Å². The summed E-state index contributed by atoms with van der Waals surface area (Å²) < 4.78 is 0. The van der Waals surface area contributed by atoms with Gasteiger partial charge in [-0.05, 0) is 55.5 Å². The summed E-state index contributed by atoms with van der Waals surface area (Å²) in [6, 6.07) is 15.0. The van der Waals surface area contributed by atoms with Crippen molar-refractivity contribution in [3.05, 3.63) is 64.7 Å². The van der Waals surface area contributed by atoms with Gasteiger partial charge in [-0.1, -0.05) is 36.4 Å². The Morgan fingerprint density at radius 1 is 1.10 bits per heavy atom. The molecule has 0 saturated heterocycles. The molecule has 0 N–H and O–H groups in total. The number of hydrogen-bond donors (Lipinski definition) is 0. The van der Waals surface area contributed by atoms with Gasteiger partial charge < -0.3 is 4.90 Å². The number of nitrogens with zero attached hydrogens (tertiary/aromatic N) is 2. The zero-order valence-electron chi connectivity index (χ0n) is 13.4. The van der Waals surface area contributed by atoms with Crippen molar-refractivity contribution in [2.75, 3.05) is 13.6 Å². The maximum absolute atomic E-state index is 4.64. The molecule has 0 unspecified atom stereocenters. The van der Waals surface area contributed by atoms with Crippen LogP contribution in [-0.2, 0) is 6.42 Å². The normalized spacial score (nSPS) is 11.0. The quantitative estimate of drug-likeness (QED) is 0.581. The van der Waals surface area contributed by atoms with Gasteiger partial charge in [-0.3, -0.25) is 0 Å². The first-order valence-electron chi connectivity index (χ1n) is 7.48. The monoisotopic (exact) mass is 280 g/mol. The van der Waals surface area contributed by atoms with E-state index < -0.39 is 0 Å². The molecule has 21 heavy (non-hydrogen) atoms. The molecule has 0 fully saturated rings. The van der Waals surface area contributed by atoms with Crippen LogP contribution in [0.3, 0.4) is 0 Å². The van der Waals surface area contributed by atoms with Crippen LogP contribution >= 0.6 is 0 Å². The second-order valence-electron chi connectivity index (χ2n) is 5.55. The molecule has 2 aromatic rings. The molecule has 0 aromatic heterocycles. The average Bonchev–Trinajstić information content (AvgIpc) is 2.49. The largest absolute Gasteiger partial charge is 0.366 e. The molecule has 0 atom stereocenters. The lowest BCUT2D eigenvalue weighted by molar-refractivity contribution is 0.552. The number of aryl methyl sites for hydroxylation is 1. The van der Waals surface area contributed by atoms with Gasteiger partial charge in [0.25, 0.3) is 0 Å². The Morgan fingerprint density at radius 2 is 1.81 bits per heavy atom. The van der Waals surface area contributed by atoms with E-state index in [0.717, 1.165) is 18.7 Å². The number of rotatable bonds is 5. The zero-order chi connectivity index (χ0) is 15.2. The summed E-state index contributed by atoms with van der Waals surface area (Å²) in [5, 5.41) is 0. The fraction of sp³-hybridized carbons (Fsp3) is 0.316. The van der Waals surface area contributed by atoms with Crippen molar-refractivity contribution in [1.29, 1.82) is 0 Å². The molecule has 0 aliphatic carbocycles. The summed E-state index contributed by atoms with van der Waals surface area (Å²) in [6.07, 6.45) is 2.87. The van der Waals surface area contributed by atoms with Crippen molar-refractivity contribution in [2.45, 2.75) is 27.2 Å². The van der Waals surface area contributed by atoms with Crippen molar-refractivity contribution >= 4 is 12.0 Å². The fourth-order valence-electron chi connectivity index (χ4n) is 2.29. The van der Waals surface area contributed by atoms with E-state index in [-0.39, 0.29) is 0 Å². The molecule has 0 radical (unpaired) electrons. The molecule has 2 nitrogen and oxygen atoms in total. The van der Waals surface area contributed by atoms with E-state index in [9.17, 15) is 0 Å². The maximum Gasteiger partial charge on any atom is 0.0909 e. The fourth-order valence-corrected chi connectivity index (χ4v) is 2.29. The third-order valence-corrected chi connectivity index (χ3v) is 3.76. The second-order valence-corrected chi connectivity index (χ2v) is 5.55. The number of aliphatic imine (C=N–C) groups is 1. The highest BCUT2D eigenvalue weighted by atomic mass is 15.1. The Labute approximate surface area is 128 Å². The minimum Gasteiger partial charge on any atom is -0.366 e. The molecule has 0 aliphatic heterocycles. The SMILES string of the molecule is CCN(C)/C=N\c1cc(C)cc(Cc2ccccc2)c1C. The number of hydrogen-bond acceptors (Lipinski definition) is 1. The van der Waals surface area contributed by atoms with E-state index in [1.807, 2.05) is 13.4 Å². The van der Waals surface area contributed by atoms with Crippen LogP contribution in [0.4, 0.5) is 5.69 Å². The summed E-state index contributed by atoms with van der Waals surface area (Å²) in [7, 11) is 2.04. The highest BCUT2D eigenvalue weighted by Gasteiger charge is 2.06. The van der Waals surface area contributed by atoms with Crippen LogP contribution in [0, 0.1) is 13.8 Å². The molecule has 0 bridgehead atoms. The first-order chi connectivity index (χ1) is 10.1. The molecule has 0 heterocycles. The minimum atomic E-state index is 0.959. The third kappa shape index (κ3) is 4.19. The lowest BCUT2D eigenvalue weighted by Crippen LogP contribution is -2.14. The van der Waals surface area contributed by atoms with Gasteiger partial charge >= 0.3 is 0 Å². The summed E-state index contributed by atoms with van der Waals surface area (Å²) >= 11 is 0. The van der Waals surface area contributed by atoms with E-state index in [1.165, 1.54) is 22.3 Å². The molecule has 0 spiro atoms. The molecule has 2 rings (SSSR count). The molecular formula is C19H24N2. The molecule has 2 aromatic carbocycles. The maximum atomic E-state index is 4.64. The van der Waals surface area contributed by atoms with Crippen molar-refractivity contribution in [2.24, 2.45) is 4.99 Å². The Morgan fingerprint density at radius 3 is 2.48 bits per heavy atom. The Bertz CT molecular complexity index is 615. The lowest BCUT2D eigenvalue weighted by Gasteiger charge is -2.12. The third-order valence-electron chi connectivity index (χ3n) is 3.76. The predicted molar refractivity (Wildman–Crippen MR) is 91.6 cm³/mol. The molecule has 0 aliphatic rings. The van der Waals surface area contributed by atoms with E-state index in [2.05, 4.69) is 73.1 Å². The van der Waals surface area contributed by atoms with Gasteiger partial charge in [-0.25, -0.2) is 4.99 Å². The van der Waals surface area contributed by atoms with Crippen molar-refractivity contribution < 1.29 is 0 Å². The van der Waals surface area contributed by atoms with Crippen LogP contribution in [0.25, 0.3) is 0 Å². The Balaban J connectivity index is 2.30. The van der Waals surface area contributed by atoms with Crippen LogP contribution in [-0.4, -0.2) is 24.8 Å². The van der Waals surface area contributed by atoms with E-state index >= 15 is 0 Å². The first kappa shape index (κ1) is 15.3. The molecule has 0 saturated carbocycles. The molecule has 110 valence electrons. The number of benzene rings is 2. The minimum absolute atomic E-state index is 0.959. The average molecular weight is 280 g/mol. The first-order valence-corrected chi connectivity index (χ1v) is 7.48. The topological polar surface area (TPSA) is 15.6 Å². The molecule has 0 amide bonds. The highest BCUT2D eigenvalue weighted by Crippen LogP contribution is 2.26. The van der Waals surface area contributed by atoms with E-state index in [4.69, 9.17) is 0 Å². The molecular weight excluding hydrogens is 256 g/mol. The highest BCUT2D eigenvalue weighted by molar-refractivity contribution is 5.64. The van der Waals surface area contributed by atoms with Gasteiger partial charge in [0.2, 0.25) is 0 Å². The van der Waals surface area contributed by atoms with E-state index in [1.54, 1.807) is 0 Å². The summed E-state index contributed by atoms with van der Waals surface area (Å²) in [5.74, 6) is 0. The van der Waals surface area contributed by atoms with Crippen LogP contribution in [0.2, 0.25) is 0 Å². The van der Waals surface area contributed by atoms with Crippen molar-refractivity contribution in [1.82, 2.24) is 4.90 Å². The predicted octanol–water partition coefficient (Wildman–Crippen LogP) is 4.51. The van der Waals surface area contributed by atoms with Crippen LogP contribution in [0.5, 0.6) is 0 Å². The molecule has 2 heteroatoms. The summed E-state index contributed by atoms with van der Waals surface area (Å²) in [5.41, 5.74) is 6.29. The lowest BCUT2D eigenvalue weighted by atomic mass is 9.97. The van der Waals surface area contributed by atoms with Gasteiger partial charge in [0.15, 0.2) is 0 Å². The van der Waals surface area contributed by atoms with Gasteiger partial charge in [0.05, 0.1) is 12.0 Å². The van der Waals surface area contributed by atoms with Crippen LogP contribution < -0.4 is 0 Å². The van der Waals surface area contributed by atoms with Gasteiger partial charge in [0.1, 0.15) is 0 Å². The standard InChI is InChI=1S/C19H24N2/c1-5-21(4)14-20-19-12-15(2)11-18(16(19)3)13-17-9-7-6-8-10-17/h6-12,14H,5,13H2,1-4H3/b20-14-. The van der Waals surface area contributed by atoms with Gasteiger partial charge in [-0.2, -0.15) is 0 Å². The van der Waals surface area contributed by atoms with Gasteiger partial charge in [-0.15, -0.1) is 0 Å². The Hall–Kier alpha value is -2.09. The summed E-state index contributed by atoms with van der Waals surface area (Å²) in [4.78, 5) is 6.72. The Kier molecular flexibility index (Phi) is 5.15.